The fraction of sp³-hybridized carbons (Fsp3) is 0.170. The van der Waals surface area contributed by atoms with Crippen molar-refractivity contribution in [1.29, 1.82) is 0 Å². The van der Waals surface area contributed by atoms with Crippen LogP contribution in [0.2, 0.25) is 0 Å². The molecule has 1 saturated heterocycles. The highest BCUT2D eigenvalue weighted by Gasteiger charge is 2.41. The Morgan fingerprint density at radius 2 is 1.04 bits per heavy atom. The summed E-state index contributed by atoms with van der Waals surface area (Å²) in [6.45, 7) is 8.09. The van der Waals surface area contributed by atoms with Gasteiger partial charge in [-0.05, 0) is 117 Å². The maximum Gasteiger partial charge on any atom is 0.0642 e. The molecule has 0 amide bonds. The van der Waals surface area contributed by atoms with Gasteiger partial charge in [0.1, 0.15) is 0 Å². The first-order valence-electron chi connectivity index (χ1n) is 20.2. The third kappa shape index (κ3) is 6.63. The number of nitrogens with zero attached hydrogens (tertiary/aromatic N) is 2. The molecule has 0 bridgehead atoms. The molecule has 9 rings (SSSR count). The van der Waals surface area contributed by atoms with Gasteiger partial charge in [0.15, 0.2) is 0 Å². The summed E-state index contributed by atoms with van der Waals surface area (Å²) in [5, 5.41) is 0. The predicted octanol–water partition coefficient (Wildman–Crippen LogP) is 13.6. The molecule has 0 unspecified atom stereocenters. The van der Waals surface area contributed by atoms with Crippen molar-refractivity contribution in [1.82, 2.24) is 0 Å². The van der Waals surface area contributed by atoms with E-state index in [1.165, 1.54) is 67.0 Å². The molecule has 7 aromatic carbocycles. The minimum atomic E-state index is -0.0581. The summed E-state index contributed by atoms with van der Waals surface area (Å²) in [5.41, 5.74) is 17.6. The van der Waals surface area contributed by atoms with E-state index in [1.807, 2.05) is 0 Å². The van der Waals surface area contributed by atoms with Gasteiger partial charge in [-0.15, -0.1) is 0 Å². The normalized spacial score (nSPS) is 14.4. The number of anilines is 4. The summed E-state index contributed by atoms with van der Waals surface area (Å²) >= 11 is 0. The zero-order chi connectivity index (χ0) is 37.9. The molecule has 0 spiro atoms. The van der Waals surface area contributed by atoms with Crippen molar-refractivity contribution in [3.05, 3.63) is 192 Å². The van der Waals surface area contributed by atoms with Crippen LogP contribution in [0.15, 0.2) is 170 Å². The summed E-state index contributed by atoms with van der Waals surface area (Å²) in [7, 11) is 0. The van der Waals surface area contributed by atoms with E-state index in [0.717, 1.165) is 50.5 Å². The summed E-state index contributed by atoms with van der Waals surface area (Å²) in [4.78, 5) is 4.81. The zero-order valence-corrected chi connectivity index (χ0v) is 32.4. The monoisotopic (exact) mass is 728 g/mol. The second-order valence-electron chi connectivity index (χ2n) is 15.0. The minimum absolute atomic E-state index is 0.0581. The standard InChI is InChI=1S/C53H48N2O/c1-3-53(4-2)51-36-40(24-29-48(51)49-31-28-46(38-52(49)53)55(43-16-10-6-11-17-43)44-18-12-7-13-19-44)21-20-39-22-25-42(26-23-39)50-37-45(54-32-34-56-35-33-54)27-30-47(50)41-14-8-5-9-15-41/h5-31,36-38H,3-4,32-35H2,1-2H3/b21-20+. The van der Waals surface area contributed by atoms with Gasteiger partial charge in [0.2, 0.25) is 0 Å². The summed E-state index contributed by atoms with van der Waals surface area (Å²) in [6.07, 6.45) is 6.61. The molecule has 1 fully saturated rings. The third-order valence-electron chi connectivity index (χ3n) is 12.0. The quantitative estimate of drug-likeness (QED) is 0.130. The van der Waals surface area contributed by atoms with Crippen LogP contribution in [0, 0.1) is 0 Å². The van der Waals surface area contributed by atoms with Gasteiger partial charge in [-0.2, -0.15) is 0 Å². The first kappa shape index (κ1) is 35.5. The average Bonchev–Trinajstić information content (AvgIpc) is 3.55. The van der Waals surface area contributed by atoms with E-state index in [-0.39, 0.29) is 5.41 Å². The second kappa shape index (κ2) is 15.5. The molecule has 7 aromatic rings. The van der Waals surface area contributed by atoms with Crippen molar-refractivity contribution in [2.75, 3.05) is 36.1 Å². The number of para-hydroxylation sites is 2. The Morgan fingerprint density at radius 3 is 1.68 bits per heavy atom. The van der Waals surface area contributed by atoms with Gasteiger partial charge < -0.3 is 14.5 Å². The number of ether oxygens (including phenoxy) is 1. The molecule has 0 aromatic heterocycles. The summed E-state index contributed by atoms with van der Waals surface area (Å²) in [6, 6.07) is 62.3. The lowest BCUT2D eigenvalue weighted by molar-refractivity contribution is 0.122. The van der Waals surface area contributed by atoms with Gasteiger partial charge in [0, 0.05) is 41.3 Å². The van der Waals surface area contributed by atoms with E-state index in [9.17, 15) is 0 Å². The van der Waals surface area contributed by atoms with E-state index < -0.39 is 0 Å². The number of morpholine rings is 1. The highest BCUT2D eigenvalue weighted by molar-refractivity contribution is 5.88. The van der Waals surface area contributed by atoms with Crippen molar-refractivity contribution in [3.63, 3.8) is 0 Å². The molecule has 0 N–H and O–H groups in total. The van der Waals surface area contributed by atoms with Gasteiger partial charge in [0.25, 0.3) is 0 Å². The molecular weight excluding hydrogens is 681 g/mol. The highest BCUT2D eigenvalue weighted by atomic mass is 16.5. The Morgan fingerprint density at radius 1 is 0.500 bits per heavy atom. The predicted molar refractivity (Wildman–Crippen MR) is 237 cm³/mol. The molecule has 1 heterocycles. The molecule has 276 valence electrons. The zero-order valence-electron chi connectivity index (χ0n) is 32.4. The average molecular weight is 729 g/mol. The van der Waals surface area contributed by atoms with Crippen LogP contribution in [0.1, 0.15) is 48.9 Å². The lowest BCUT2D eigenvalue weighted by atomic mass is 9.73. The van der Waals surface area contributed by atoms with Crippen molar-refractivity contribution < 1.29 is 4.74 Å². The molecule has 0 radical (unpaired) electrons. The van der Waals surface area contributed by atoms with Crippen molar-refractivity contribution in [3.8, 4) is 33.4 Å². The third-order valence-corrected chi connectivity index (χ3v) is 12.0. The SMILES string of the molecule is CCC1(CC)c2cc(/C=C/c3ccc(-c4cc(N5CCOCC5)ccc4-c4ccccc4)cc3)ccc2-c2ccc(N(c3ccccc3)c3ccccc3)cc21. The van der Waals surface area contributed by atoms with Crippen LogP contribution in [-0.4, -0.2) is 26.3 Å². The van der Waals surface area contributed by atoms with Crippen molar-refractivity contribution in [2.45, 2.75) is 32.1 Å². The molecule has 56 heavy (non-hydrogen) atoms. The van der Waals surface area contributed by atoms with Crippen LogP contribution in [0.5, 0.6) is 0 Å². The Kier molecular flexibility index (Phi) is 9.85. The lowest BCUT2D eigenvalue weighted by Gasteiger charge is -2.32. The molecule has 2 aliphatic rings. The molecule has 1 aliphatic heterocycles. The number of rotatable bonds is 10. The van der Waals surface area contributed by atoms with E-state index in [0.29, 0.717) is 0 Å². The summed E-state index contributed by atoms with van der Waals surface area (Å²) in [5.74, 6) is 0. The minimum Gasteiger partial charge on any atom is -0.378 e. The van der Waals surface area contributed by atoms with Gasteiger partial charge in [0.05, 0.1) is 13.2 Å². The van der Waals surface area contributed by atoms with Crippen molar-refractivity contribution in [2.24, 2.45) is 0 Å². The molecule has 0 saturated carbocycles. The smallest absolute Gasteiger partial charge is 0.0642 e. The first-order valence-corrected chi connectivity index (χ1v) is 20.2. The van der Waals surface area contributed by atoms with E-state index >= 15 is 0 Å². The maximum atomic E-state index is 5.65. The Labute approximate surface area is 332 Å². The van der Waals surface area contributed by atoms with Crippen LogP contribution in [0.4, 0.5) is 22.7 Å². The van der Waals surface area contributed by atoms with Crippen LogP contribution < -0.4 is 9.80 Å². The molecule has 1 aliphatic carbocycles. The topological polar surface area (TPSA) is 15.7 Å². The molecule has 3 nitrogen and oxygen atoms in total. The van der Waals surface area contributed by atoms with Crippen LogP contribution in [0.25, 0.3) is 45.5 Å². The van der Waals surface area contributed by atoms with Crippen LogP contribution in [0.3, 0.4) is 0 Å². The molecule has 3 heteroatoms. The number of benzene rings is 7. The Hall–Kier alpha value is -6.16. The number of fused-ring (bicyclic) bond motifs is 3. The maximum absolute atomic E-state index is 5.65. The Bertz CT molecular complexity index is 2420. The number of hydrogen-bond acceptors (Lipinski definition) is 3. The molecular formula is C53H48N2O. The molecule has 0 atom stereocenters. The lowest BCUT2D eigenvalue weighted by Crippen LogP contribution is -2.36. The first-order chi connectivity index (χ1) is 27.6. The van der Waals surface area contributed by atoms with Gasteiger partial charge in [-0.1, -0.05) is 147 Å². The number of hydrogen-bond donors (Lipinski definition) is 0. The van der Waals surface area contributed by atoms with Crippen LogP contribution >= 0.6 is 0 Å². The second-order valence-corrected chi connectivity index (χ2v) is 15.0. The van der Waals surface area contributed by atoms with E-state index in [1.54, 1.807) is 0 Å². The van der Waals surface area contributed by atoms with E-state index in [4.69, 9.17) is 4.74 Å². The summed E-state index contributed by atoms with van der Waals surface area (Å²) < 4.78 is 5.65. The van der Waals surface area contributed by atoms with Crippen molar-refractivity contribution >= 4 is 34.9 Å². The fourth-order valence-corrected chi connectivity index (χ4v) is 8.98. The highest BCUT2D eigenvalue weighted by Crippen LogP contribution is 2.54. The largest absolute Gasteiger partial charge is 0.378 e. The fourth-order valence-electron chi connectivity index (χ4n) is 8.98. The van der Waals surface area contributed by atoms with Gasteiger partial charge >= 0.3 is 0 Å². The van der Waals surface area contributed by atoms with Gasteiger partial charge in [-0.25, -0.2) is 0 Å². The van der Waals surface area contributed by atoms with Gasteiger partial charge in [-0.3, -0.25) is 0 Å². The van der Waals surface area contributed by atoms with E-state index in [2.05, 4.69) is 206 Å². The Balaban J connectivity index is 1.02. The van der Waals surface area contributed by atoms with Crippen LogP contribution in [-0.2, 0) is 10.2 Å².